The summed E-state index contributed by atoms with van der Waals surface area (Å²) in [5.74, 6) is -1.90. The molecule has 0 aliphatic carbocycles. The van der Waals surface area contributed by atoms with E-state index in [-0.39, 0.29) is 18.5 Å². The van der Waals surface area contributed by atoms with Crippen LogP contribution in [-0.4, -0.2) is 12.5 Å². The van der Waals surface area contributed by atoms with E-state index in [2.05, 4.69) is 5.32 Å². The fourth-order valence-electron chi connectivity index (χ4n) is 2.69. The molecule has 0 saturated carbocycles. The number of rotatable bonds is 5. The Kier molecular flexibility index (Phi) is 5.05. The van der Waals surface area contributed by atoms with Crippen molar-refractivity contribution >= 4 is 22.4 Å². The molecule has 3 nitrogen and oxygen atoms in total. The third kappa shape index (κ3) is 4.19. The summed E-state index contributed by atoms with van der Waals surface area (Å²) < 4.78 is 26.3. The number of hydrogen-bond donors (Lipinski definition) is 2. The van der Waals surface area contributed by atoms with Crippen LogP contribution in [0.3, 0.4) is 0 Å². The molecule has 3 rings (SSSR count). The zero-order chi connectivity index (χ0) is 17.8. The quantitative estimate of drug-likeness (QED) is 0.734. The lowest BCUT2D eigenvalue weighted by Gasteiger charge is -2.12. The molecule has 128 valence electrons. The van der Waals surface area contributed by atoms with Crippen molar-refractivity contribution in [3.05, 3.63) is 77.9 Å². The lowest BCUT2D eigenvalue weighted by Crippen LogP contribution is -2.86. The number of benzene rings is 3. The summed E-state index contributed by atoms with van der Waals surface area (Å²) in [7, 11) is 0. The number of carbonyl (C=O) groups excluding carboxylic acids is 1. The van der Waals surface area contributed by atoms with Gasteiger partial charge in [0.2, 0.25) is 0 Å². The first-order valence-electron chi connectivity index (χ1n) is 8.10. The van der Waals surface area contributed by atoms with Crippen molar-refractivity contribution < 1.29 is 18.9 Å². The van der Waals surface area contributed by atoms with Gasteiger partial charge in [-0.1, -0.05) is 30.3 Å². The van der Waals surface area contributed by atoms with Crippen molar-refractivity contribution in [2.45, 2.75) is 13.0 Å². The van der Waals surface area contributed by atoms with Crippen molar-refractivity contribution in [3.63, 3.8) is 0 Å². The molecule has 0 unspecified atom stereocenters. The summed E-state index contributed by atoms with van der Waals surface area (Å²) in [6, 6.07) is 17.3. The molecule has 1 atom stereocenters. The highest BCUT2D eigenvalue weighted by Gasteiger charge is 2.14. The second-order valence-electron chi connectivity index (χ2n) is 6.01. The molecule has 0 saturated heterocycles. The zero-order valence-corrected chi connectivity index (χ0v) is 13.8. The van der Waals surface area contributed by atoms with Gasteiger partial charge in [0.25, 0.3) is 5.91 Å². The van der Waals surface area contributed by atoms with Gasteiger partial charge in [-0.25, -0.2) is 8.78 Å². The minimum Gasteiger partial charge on any atom is -0.333 e. The number of nitrogens with two attached hydrogens (primary N) is 1. The van der Waals surface area contributed by atoms with E-state index in [4.69, 9.17) is 0 Å². The van der Waals surface area contributed by atoms with Crippen LogP contribution in [-0.2, 0) is 4.79 Å². The average Bonchev–Trinajstić information content (AvgIpc) is 2.62. The molecule has 0 heterocycles. The molecule has 0 aromatic heterocycles. The van der Waals surface area contributed by atoms with E-state index in [9.17, 15) is 13.6 Å². The van der Waals surface area contributed by atoms with Crippen molar-refractivity contribution in [3.8, 4) is 0 Å². The van der Waals surface area contributed by atoms with E-state index in [0.29, 0.717) is 5.56 Å². The van der Waals surface area contributed by atoms with Gasteiger partial charge in [0.15, 0.2) is 18.2 Å². The van der Waals surface area contributed by atoms with Gasteiger partial charge in [-0.15, -0.1) is 0 Å². The van der Waals surface area contributed by atoms with Crippen molar-refractivity contribution in [1.82, 2.24) is 0 Å². The molecule has 5 heteroatoms. The van der Waals surface area contributed by atoms with Crippen molar-refractivity contribution in [2.75, 3.05) is 11.9 Å². The summed E-state index contributed by atoms with van der Waals surface area (Å²) in [6.07, 6.45) is 0. The van der Waals surface area contributed by atoms with Gasteiger partial charge in [-0.3, -0.25) is 4.79 Å². The van der Waals surface area contributed by atoms with Crippen LogP contribution in [0.5, 0.6) is 0 Å². The summed E-state index contributed by atoms with van der Waals surface area (Å²) in [4.78, 5) is 12.1. The highest BCUT2D eigenvalue weighted by molar-refractivity contribution is 5.94. The van der Waals surface area contributed by atoms with E-state index in [0.717, 1.165) is 28.6 Å². The number of amides is 1. The Bertz CT molecular complexity index is 911. The number of halogens is 2. The van der Waals surface area contributed by atoms with Gasteiger partial charge in [0, 0.05) is 11.3 Å². The topological polar surface area (TPSA) is 45.7 Å². The van der Waals surface area contributed by atoms with Crippen LogP contribution in [0.1, 0.15) is 18.5 Å². The van der Waals surface area contributed by atoms with Crippen molar-refractivity contribution in [1.29, 1.82) is 0 Å². The predicted octanol–water partition coefficient (Wildman–Crippen LogP) is 3.38. The maximum Gasteiger partial charge on any atom is 0.279 e. The fourth-order valence-corrected chi connectivity index (χ4v) is 2.69. The zero-order valence-electron chi connectivity index (χ0n) is 13.8. The minimum atomic E-state index is -0.877. The molecule has 25 heavy (non-hydrogen) atoms. The third-order valence-corrected chi connectivity index (χ3v) is 4.16. The van der Waals surface area contributed by atoms with Gasteiger partial charge in [-0.2, -0.15) is 0 Å². The Labute approximate surface area is 144 Å². The summed E-state index contributed by atoms with van der Waals surface area (Å²) in [6.45, 7) is 2.03. The first-order chi connectivity index (χ1) is 12.0. The number of anilines is 1. The summed E-state index contributed by atoms with van der Waals surface area (Å²) in [5, 5.41) is 6.80. The lowest BCUT2D eigenvalue weighted by atomic mass is 10.1. The van der Waals surface area contributed by atoms with Crippen LogP contribution in [0.15, 0.2) is 60.7 Å². The molecule has 0 aliphatic rings. The summed E-state index contributed by atoms with van der Waals surface area (Å²) in [5.41, 5.74) is 1.37. The third-order valence-electron chi connectivity index (χ3n) is 4.16. The Morgan fingerprint density at radius 2 is 1.76 bits per heavy atom. The average molecular weight is 341 g/mol. The van der Waals surface area contributed by atoms with E-state index >= 15 is 0 Å². The van der Waals surface area contributed by atoms with Crippen LogP contribution in [0.2, 0.25) is 0 Å². The Morgan fingerprint density at radius 3 is 2.52 bits per heavy atom. The molecule has 3 aromatic rings. The molecule has 1 amide bonds. The molecule has 0 fully saturated rings. The van der Waals surface area contributed by atoms with Gasteiger partial charge < -0.3 is 10.6 Å². The number of quaternary nitrogens is 1. The van der Waals surface area contributed by atoms with Crippen LogP contribution in [0.25, 0.3) is 10.8 Å². The Balaban J connectivity index is 1.58. The van der Waals surface area contributed by atoms with Crippen LogP contribution in [0, 0.1) is 11.6 Å². The van der Waals surface area contributed by atoms with Gasteiger partial charge >= 0.3 is 0 Å². The standard InChI is InChI=1S/C20H18F2N2O/c1-13(15-7-9-18(21)19(22)11-15)23-12-20(25)24-17-8-6-14-4-2-3-5-16(14)10-17/h2-11,13,23H,12H2,1H3,(H,24,25)/p+1/t13-/m0/s1. The lowest BCUT2D eigenvalue weighted by molar-refractivity contribution is -0.682. The fraction of sp³-hybridized carbons (Fsp3) is 0.150. The van der Waals surface area contributed by atoms with Crippen LogP contribution >= 0.6 is 0 Å². The number of hydrogen-bond acceptors (Lipinski definition) is 1. The molecule has 0 bridgehead atoms. The smallest absolute Gasteiger partial charge is 0.279 e. The number of fused-ring (bicyclic) bond motifs is 1. The first-order valence-corrected chi connectivity index (χ1v) is 8.10. The van der Waals surface area contributed by atoms with E-state index < -0.39 is 11.6 Å². The molecule has 3 N–H and O–H groups in total. The SMILES string of the molecule is C[C@H]([NH2+]CC(=O)Nc1ccc2ccccc2c1)c1ccc(F)c(F)c1. The molecule has 0 aliphatic heterocycles. The van der Waals surface area contributed by atoms with Gasteiger partial charge in [0.05, 0.1) is 0 Å². The minimum absolute atomic E-state index is 0.148. The van der Waals surface area contributed by atoms with Gasteiger partial charge in [0.1, 0.15) is 6.04 Å². The molecular formula is C20H19F2N2O+. The maximum atomic E-state index is 13.3. The highest BCUT2D eigenvalue weighted by Crippen LogP contribution is 2.18. The van der Waals surface area contributed by atoms with E-state index in [1.807, 2.05) is 49.4 Å². The van der Waals surface area contributed by atoms with E-state index in [1.54, 1.807) is 5.32 Å². The van der Waals surface area contributed by atoms with Gasteiger partial charge in [-0.05, 0) is 48.0 Å². The van der Waals surface area contributed by atoms with Crippen molar-refractivity contribution in [2.24, 2.45) is 0 Å². The molecular weight excluding hydrogens is 322 g/mol. The number of carbonyl (C=O) groups is 1. The van der Waals surface area contributed by atoms with Crippen LogP contribution in [0.4, 0.5) is 14.5 Å². The normalized spacial score (nSPS) is 12.1. The number of nitrogens with one attached hydrogen (secondary N) is 1. The Morgan fingerprint density at radius 1 is 1.00 bits per heavy atom. The van der Waals surface area contributed by atoms with E-state index in [1.165, 1.54) is 6.07 Å². The summed E-state index contributed by atoms with van der Waals surface area (Å²) >= 11 is 0. The largest absolute Gasteiger partial charge is 0.333 e. The molecule has 3 aromatic carbocycles. The second kappa shape index (κ2) is 7.40. The molecule has 0 spiro atoms. The maximum absolute atomic E-state index is 13.3. The Hall–Kier alpha value is -2.79. The second-order valence-corrected chi connectivity index (χ2v) is 6.01. The molecule has 0 radical (unpaired) electrons. The first kappa shape index (κ1) is 17.0. The highest BCUT2D eigenvalue weighted by atomic mass is 19.2. The van der Waals surface area contributed by atoms with Crippen LogP contribution < -0.4 is 10.6 Å². The monoisotopic (exact) mass is 341 g/mol. The predicted molar refractivity (Wildman–Crippen MR) is 94.1 cm³/mol.